The maximum atomic E-state index is 12.8. The minimum absolute atomic E-state index is 0.230. The molecule has 1 atom stereocenters. The first-order chi connectivity index (χ1) is 13.8. The molecule has 0 aromatic heterocycles. The van der Waals surface area contributed by atoms with E-state index in [9.17, 15) is 19.2 Å². The molecule has 0 aliphatic carbocycles. The third kappa shape index (κ3) is 4.38. The minimum atomic E-state index is -1.40. The molecule has 3 rings (SSSR count). The lowest BCUT2D eigenvalue weighted by Gasteiger charge is -2.23. The Balaban J connectivity index is 1.60. The molecule has 8 nitrogen and oxygen atoms in total. The summed E-state index contributed by atoms with van der Waals surface area (Å²) < 4.78 is 0. The summed E-state index contributed by atoms with van der Waals surface area (Å²) in [5.41, 5.74) is -0.117. The zero-order valence-corrected chi connectivity index (χ0v) is 16.3. The molecule has 0 saturated carbocycles. The van der Waals surface area contributed by atoms with E-state index in [2.05, 4.69) is 16.0 Å². The van der Waals surface area contributed by atoms with Crippen LogP contribution in [0.4, 0.5) is 9.59 Å². The van der Waals surface area contributed by atoms with Crippen molar-refractivity contribution < 1.29 is 19.2 Å². The number of hydrogen-bond acceptors (Lipinski definition) is 4. The summed E-state index contributed by atoms with van der Waals surface area (Å²) >= 11 is 6.16. The maximum Gasteiger partial charge on any atom is 0.325 e. The number of carbonyl (C=O) groups is 4. The Hall–Kier alpha value is -3.39. The molecule has 150 valence electrons. The zero-order chi connectivity index (χ0) is 21.0. The smallest absolute Gasteiger partial charge is 0.325 e. The number of urea groups is 2. The number of benzene rings is 2. The molecular weight excluding hydrogens is 396 g/mol. The van der Waals surface area contributed by atoms with Gasteiger partial charge in [0.2, 0.25) is 5.91 Å². The van der Waals surface area contributed by atoms with Crippen molar-refractivity contribution >= 4 is 35.5 Å². The van der Waals surface area contributed by atoms with Gasteiger partial charge in [-0.25, -0.2) is 9.59 Å². The van der Waals surface area contributed by atoms with Gasteiger partial charge >= 0.3 is 12.1 Å². The van der Waals surface area contributed by atoms with Crippen molar-refractivity contribution in [3.8, 4) is 0 Å². The number of nitrogens with one attached hydrogen (secondary N) is 3. The lowest BCUT2D eigenvalue weighted by Crippen LogP contribution is -2.46. The van der Waals surface area contributed by atoms with Crippen molar-refractivity contribution in [2.75, 3.05) is 6.54 Å². The number of carbonyl (C=O) groups excluding carboxylic acids is 4. The third-order valence-electron chi connectivity index (χ3n) is 4.54. The molecule has 9 heteroatoms. The van der Waals surface area contributed by atoms with Gasteiger partial charge in [-0.15, -0.1) is 0 Å². The van der Waals surface area contributed by atoms with Crippen LogP contribution >= 0.6 is 11.6 Å². The highest BCUT2D eigenvalue weighted by molar-refractivity contribution is 6.32. The molecule has 3 N–H and O–H groups in total. The van der Waals surface area contributed by atoms with E-state index in [-0.39, 0.29) is 6.54 Å². The lowest BCUT2D eigenvalue weighted by atomic mass is 9.92. The first-order valence-corrected chi connectivity index (χ1v) is 9.20. The summed E-state index contributed by atoms with van der Waals surface area (Å²) in [5.74, 6) is -1.42. The van der Waals surface area contributed by atoms with Crippen LogP contribution in [-0.4, -0.2) is 35.3 Å². The average Bonchev–Trinajstić information content (AvgIpc) is 2.91. The Kier molecular flexibility index (Phi) is 5.84. The lowest BCUT2D eigenvalue weighted by molar-refractivity contribution is -0.134. The molecule has 1 aliphatic rings. The number of amides is 6. The molecule has 1 aliphatic heterocycles. The molecule has 0 bridgehead atoms. The Bertz CT molecular complexity index is 966. The van der Waals surface area contributed by atoms with Gasteiger partial charge in [-0.2, -0.15) is 0 Å². The summed E-state index contributed by atoms with van der Waals surface area (Å²) in [6, 6.07) is 14.3. The van der Waals surface area contributed by atoms with Crippen molar-refractivity contribution in [3.63, 3.8) is 0 Å². The van der Waals surface area contributed by atoms with Crippen LogP contribution in [0, 0.1) is 0 Å². The molecule has 0 unspecified atom stereocenters. The van der Waals surface area contributed by atoms with Crippen LogP contribution in [0.15, 0.2) is 54.6 Å². The van der Waals surface area contributed by atoms with Crippen LogP contribution in [-0.2, 0) is 21.7 Å². The molecule has 0 spiro atoms. The predicted molar refractivity (Wildman–Crippen MR) is 106 cm³/mol. The Morgan fingerprint density at radius 1 is 1.07 bits per heavy atom. The van der Waals surface area contributed by atoms with Crippen LogP contribution in [0.25, 0.3) is 0 Å². The van der Waals surface area contributed by atoms with E-state index < -0.39 is 36.0 Å². The first kappa shape index (κ1) is 20.3. The topological polar surface area (TPSA) is 108 Å². The molecular formula is C20H19ClN4O4. The van der Waals surface area contributed by atoms with Crippen molar-refractivity contribution in [2.24, 2.45) is 0 Å². The second-order valence-electron chi connectivity index (χ2n) is 6.64. The fourth-order valence-electron chi connectivity index (χ4n) is 3.02. The van der Waals surface area contributed by atoms with E-state index in [1.54, 1.807) is 24.3 Å². The molecule has 1 saturated heterocycles. The van der Waals surface area contributed by atoms with Crippen LogP contribution in [0.2, 0.25) is 5.02 Å². The van der Waals surface area contributed by atoms with Crippen molar-refractivity contribution in [1.29, 1.82) is 0 Å². The van der Waals surface area contributed by atoms with Crippen LogP contribution in [0.5, 0.6) is 0 Å². The van der Waals surface area contributed by atoms with Crippen molar-refractivity contribution in [3.05, 3.63) is 70.7 Å². The molecule has 1 heterocycles. The third-order valence-corrected chi connectivity index (χ3v) is 4.87. The number of rotatable bonds is 5. The van der Waals surface area contributed by atoms with Gasteiger partial charge in [0.1, 0.15) is 12.1 Å². The van der Waals surface area contributed by atoms with E-state index in [0.717, 1.165) is 10.5 Å². The number of nitrogens with zero attached hydrogens (tertiary/aromatic N) is 1. The highest BCUT2D eigenvalue weighted by Gasteiger charge is 2.50. The highest BCUT2D eigenvalue weighted by atomic mass is 35.5. The van der Waals surface area contributed by atoms with E-state index in [1.807, 2.05) is 30.3 Å². The van der Waals surface area contributed by atoms with Crippen LogP contribution in [0.3, 0.4) is 0 Å². The van der Waals surface area contributed by atoms with Gasteiger partial charge in [0.25, 0.3) is 5.91 Å². The van der Waals surface area contributed by atoms with Crippen molar-refractivity contribution in [2.45, 2.75) is 19.0 Å². The van der Waals surface area contributed by atoms with Gasteiger partial charge in [-0.1, -0.05) is 60.1 Å². The Labute approximate surface area is 172 Å². The Morgan fingerprint density at radius 3 is 2.41 bits per heavy atom. The molecule has 0 radical (unpaired) electrons. The molecule has 1 fully saturated rings. The standard InChI is InChI=1S/C20H19ClN4O4/c1-20(14-9-5-6-10-15(14)21)17(27)25(19(29)24-20)12-16(26)23-18(28)22-11-13-7-3-2-4-8-13/h2-10H,11-12H2,1H3,(H,24,29)(H2,22,23,26,28)/t20-/m1/s1. The quantitative estimate of drug-likeness (QED) is 0.651. The van der Waals surface area contributed by atoms with Gasteiger partial charge in [0.05, 0.1) is 0 Å². The van der Waals surface area contributed by atoms with Gasteiger partial charge < -0.3 is 10.6 Å². The molecule has 29 heavy (non-hydrogen) atoms. The van der Waals surface area contributed by atoms with Gasteiger partial charge in [0.15, 0.2) is 0 Å². The summed E-state index contributed by atoms with van der Waals surface area (Å²) in [7, 11) is 0. The minimum Gasteiger partial charge on any atom is -0.334 e. The van der Waals surface area contributed by atoms with E-state index in [0.29, 0.717) is 10.6 Å². The normalized spacial score (nSPS) is 18.3. The summed E-state index contributed by atoms with van der Waals surface area (Å²) in [4.78, 5) is 49.9. The van der Waals surface area contributed by atoms with E-state index >= 15 is 0 Å². The van der Waals surface area contributed by atoms with Crippen LogP contribution in [0.1, 0.15) is 18.1 Å². The highest BCUT2D eigenvalue weighted by Crippen LogP contribution is 2.33. The maximum absolute atomic E-state index is 12.8. The largest absolute Gasteiger partial charge is 0.334 e. The number of imide groups is 2. The van der Waals surface area contributed by atoms with E-state index in [1.165, 1.54) is 6.92 Å². The van der Waals surface area contributed by atoms with Gasteiger partial charge in [-0.3, -0.25) is 19.8 Å². The zero-order valence-electron chi connectivity index (χ0n) is 15.6. The molecule has 6 amide bonds. The predicted octanol–water partition coefficient (Wildman–Crippen LogP) is 2.13. The summed E-state index contributed by atoms with van der Waals surface area (Å²) in [6.45, 7) is 1.15. The molecule has 2 aromatic rings. The second kappa shape index (κ2) is 8.32. The fraction of sp³-hybridized carbons (Fsp3) is 0.200. The number of halogens is 1. The number of hydrogen-bond donors (Lipinski definition) is 3. The molecule has 2 aromatic carbocycles. The van der Waals surface area contributed by atoms with E-state index in [4.69, 9.17) is 11.6 Å². The Morgan fingerprint density at radius 2 is 1.72 bits per heavy atom. The fourth-order valence-corrected chi connectivity index (χ4v) is 3.35. The van der Waals surface area contributed by atoms with Crippen molar-refractivity contribution in [1.82, 2.24) is 20.9 Å². The van der Waals surface area contributed by atoms with Gasteiger partial charge in [-0.05, 0) is 18.6 Å². The van der Waals surface area contributed by atoms with Crippen LogP contribution < -0.4 is 16.0 Å². The summed E-state index contributed by atoms with van der Waals surface area (Å²) in [6.07, 6.45) is 0. The second-order valence-corrected chi connectivity index (χ2v) is 7.05. The summed E-state index contributed by atoms with van der Waals surface area (Å²) in [5, 5.41) is 7.52. The SMILES string of the molecule is C[C@]1(c2ccccc2Cl)NC(=O)N(CC(=O)NC(=O)NCc2ccccc2)C1=O. The first-order valence-electron chi connectivity index (χ1n) is 8.82. The van der Waals surface area contributed by atoms with Gasteiger partial charge in [0, 0.05) is 17.1 Å². The average molecular weight is 415 g/mol. The monoisotopic (exact) mass is 414 g/mol.